The number of carbonyl (C=O) groups is 8. The number of aromatic nitrogens is 1. The van der Waals surface area contributed by atoms with Gasteiger partial charge in [-0.05, 0) is 24.5 Å². The number of aromatic amines is 1. The summed E-state index contributed by atoms with van der Waals surface area (Å²) < 4.78 is 44.0. The van der Waals surface area contributed by atoms with Gasteiger partial charge in [-0.3, -0.25) is 33.6 Å². The number of nitrogens with two attached hydrogens (primary N) is 2. The topological polar surface area (TPSA) is 593 Å². The number of carboxylic acids is 2. The number of aliphatic hydroxyl groups is 11. The Bertz CT molecular complexity index is 2730. The lowest BCUT2D eigenvalue weighted by Crippen LogP contribution is -2.67. The van der Waals surface area contributed by atoms with Crippen molar-refractivity contribution >= 4 is 58.3 Å². The van der Waals surface area contributed by atoms with Crippen LogP contribution < -0.4 is 32.7 Å². The highest BCUT2D eigenvalue weighted by atomic mass is 16.8. The number of benzene rings is 1. The molecule has 0 aliphatic carbocycles. The van der Waals surface area contributed by atoms with Crippen LogP contribution in [0.25, 0.3) is 10.9 Å². The summed E-state index contributed by atoms with van der Waals surface area (Å²) in [6.07, 6.45) is -36.8. The van der Waals surface area contributed by atoms with Crippen molar-refractivity contribution in [3.8, 4) is 0 Å². The smallest absolute Gasteiger partial charge is 0.335 e. The Labute approximate surface area is 491 Å². The number of rotatable bonds is 26. The third-order valence-corrected chi connectivity index (χ3v) is 15.0. The number of amides is 6. The van der Waals surface area contributed by atoms with Crippen molar-refractivity contribution in [2.45, 2.75) is 167 Å². The van der Waals surface area contributed by atoms with Crippen molar-refractivity contribution in [1.29, 1.82) is 0 Å². The maximum Gasteiger partial charge on any atom is 0.335 e. The van der Waals surface area contributed by atoms with Crippen LogP contribution >= 0.6 is 0 Å². The molecule has 23 atom stereocenters. The van der Waals surface area contributed by atoms with Gasteiger partial charge >= 0.3 is 11.9 Å². The molecule has 5 aliphatic heterocycles. The maximum atomic E-state index is 14.4. The molecule has 0 unspecified atom stereocenters. The average molecular weight is 1250 g/mol. The second kappa shape index (κ2) is 30.3. The summed E-state index contributed by atoms with van der Waals surface area (Å²) in [7, 11) is 0. The lowest BCUT2D eigenvalue weighted by molar-refractivity contribution is -0.385. The predicted octanol–water partition coefficient (Wildman–Crippen LogP) is -11.8. The molecule has 0 saturated carbocycles. The van der Waals surface area contributed by atoms with E-state index in [0.717, 1.165) is 4.90 Å². The number of para-hydroxylation sites is 1. The molecule has 5 aliphatic rings. The van der Waals surface area contributed by atoms with Gasteiger partial charge < -0.3 is 147 Å². The highest BCUT2D eigenvalue weighted by molar-refractivity contribution is 5.97. The van der Waals surface area contributed by atoms with Crippen molar-refractivity contribution in [1.82, 2.24) is 31.2 Å². The highest BCUT2D eigenvalue weighted by Crippen LogP contribution is 2.34. The van der Waals surface area contributed by atoms with Crippen molar-refractivity contribution in [3.63, 3.8) is 0 Å². The number of hydrogen-bond acceptors (Lipinski definition) is 28. The molecule has 0 bridgehead atoms. The standard InChI is InChI=1S/C50H72N8O29/c51-19(42(74)55-12-28(62)56-22(8-17-10-53-20-5-2-1-4-18(17)20)45(77)58-7-3-6-23(58)44(76)57-21(9-29(63)64)43(75)54-11-27(52)61)15-80-47-35(70)30(65)26(16-81-47)84-49-37(72)39(31(66)24(13-59)82-49)86-50-38(73)40(32(67)25(14-60)83-50)85-48-36(71)33(68)34(69)41(87-48)46(78)79/h1-2,4-5,10,19,21-26,30-41,47-50,53,59-60,65-73H,3,6-9,11-16,51H2,(H2,52,61)(H,54,75)(H,55,74)(H,56,62)(H,57,76)(H,63,64)(H,78,79)/t19-,21-,22-,23-,24+,25+,26+,30-,31-,32-,33-,34-,35+,36+,37+,38+,39-,40-,41-,47+,48+,49-,50-/m0/s1. The molecule has 87 heavy (non-hydrogen) atoms. The maximum absolute atomic E-state index is 14.4. The molecule has 0 radical (unpaired) electrons. The summed E-state index contributed by atoms with van der Waals surface area (Å²) in [5.74, 6) is -8.76. The summed E-state index contributed by atoms with van der Waals surface area (Å²) in [6.45, 7) is -4.78. The van der Waals surface area contributed by atoms with Crippen LogP contribution in [0.5, 0.6) is 0 Å². The van der Waals surface area contributed by atoms with Gasteiger partial charge in [-0.2, -0.15) is 0 Å². The van der Waals surface area contributed by atoms with Crippen LogP contribution in [0.4, 0.5) is 0 Å². The monoisotopic (exact) mass is 1250 g/mol. The van der Waals surface area contributed by atoms with Crippen molar-refractivity contribution in [2.75, 3.05) is 46.1 Å². The molecule has 5 fully saturated rings. The second-order valence-corrected chi connectivity index (χ2v) is 21.1. The van der Waals surface area contributed by atoms with Crippen LogP contribution in [-0.2, 0) is 82.7 Å². The summed E-state index contributed by atoms with van der Waals surface area (Å²) in [5.41, 5.74) is 12.4. The quantitative estimate of drug-likeness (QED) is 0.0416. The Morgan fingerprint density at radius 2 is 1.29 bits per heavy atom. The zero-order valence-corrected chi connectivity index (χ0v) is 45.9. The summed E-state index contributed by atoms with van der Waals surface area (Å²) in [5, 5.41) is 147. The fraction of sp³-hybridized carbons (Fsp3) is 0.680. The molecule has 7 rings (SSSR count). The predicted molar refractivity (Wildman–Crippen MR) is 278 cm³/mol. The SMILES string of the molecule is NC(=O)CNC(=O)[C@H](CC(=O)O)NC(=O)[C@@H]1CCCN1C(=O)[C@H](Cc1c[nH]c2ccccc12)NC(=O)CNC(=O)[C@@H](N)CO[C@@H]1OC[C@@H](O[C@@H]2O[C@H](CO)[C@H](O)[C@H](O[C@@H]3O[C@H](CO)[C@H](O)[C@H](O[C@@H]4O[C@H](C(=O)O)[C@@H](O)[C@H](O)[C@H]4O)[C@H]3O)[C@H]2O)[C@H](O)[C@H]1O. The van der Waals surface area contributed by atoms with E-state index in [1.807, 2.05) is 0 Å². The van der Waals surface area contributed by atoms with Crippen LogP contribution in [0, 0.1) is 0 Å². The molecule has 6 amide bonds. The molecule has 0 spiro atoms. The Hall–Kier alpha value is -6.28. The van der Waals surface area contributed by atoms with Crippen LogP contribution in [-0.4, -0.2) is 311 Å². The summed E-state index contributed by atoms with van der Waals surface area (Å²) in [4.78, 5) is 106. The average Bonchev–Trinajstić information content (AvgIpc) is 1.87. The number of carboxylic acid groups (broad SMARTS) is 2. The van der Waals surface area contributed by atoms with Gasteiger partial charge in [0, 0.05) is 30.1 Å². The first kappa shape index (κ1) is 68.2. The van der Waals surface area contributed by atoms with Gasteiger partial charge in [0.25, 0.3) is 0 Å². The van der Waals surface area contributed by atoms with Crippen LogP contribution in [0.2, 0.25) is 0 Å². The van der Waals surface area contributed by atoms with Gasteiger partial charge in [0.15, 0.2) is 31.3 Å². The number of carbonyl (C=O) groups excluding carboxylic acids is 6. The number of nitrogens with one attached hydrogen (secondary N) is 5. The normalized spacial score (nSPS) is 34.7. The van der Waals surface area contributed by atoms with Crippen molar-refractivity contribution in [2.24, 2.45) is 11.5 Å². The Kier molecular flexibility index (Phi) is 23.7. The molecule has 6 heterocycles. The van der Waals surface area contributed by atoms with Gasteiger partial charge in [-0.1, -0.05) is 18.2 Å². The number of ether oxygens (including phenoxy) is 8. The Balaban J connectivity index is 0.924. The number of likely N-dealkylation sites (tertiary alicyclic amines) is 1. The van der Waals surface area contributed by atoms with Crippen LogP contribution in [0.15, 0.2) is 30.5 Å². The molecular weight excluding hydrogens is 1180 g/mol. The van der Waals surface area contributed by atoms with E-state index in [9.17, 15) is 105 Å². The fourth-order valence-electron chi connectivity index (χ4n) is 10.3. The Morgan fingerprint density at radius 3 is 1.90 bits per heavy atom. The number of nitrogens with zero attached hydrogens (tertiary/aromatic N) is 1. The number of fused-ring (bicyclic) bond motifs is 1. The van der Waals surface area contributed by atoms with E-state index < -0.39 is 234 Å². The van der Waals surface area contributed by atoms with Gasteiger partial charge in [0.2, 0.25) is 35.4 Å². The molecule has 1 aromatic heterocycles. The largest absolute Gasteiger partial charge is 0.481 e. The number of primary amides is 1. The minimum absolute atomic E-state index is 0.00816. The second-order valence-electron chi connectivity index (χ2n) is 21.1. The number of H-pyrrole nitrogens is 1. The summed E-state index contributed by atoms with van der Waals surface area (Å²) >= 11 is 0. The zero-order chi connectivity index (χ0) is 63.7. The molecule has 37 nitrogen and oxygen atoms in total. The number of aliphatic hydroxyl groups excluding tert-OH is 11. The van der Waals surface area contributed by atoms with Gasteiger partial charge in [0.05, 0.1) is 45.9 Å². The molecule has 486 valence electrons. The Morgan fingerprint density at radius 1 is 0.690 bits per heavy atom. The van der Waals surface area contributed by atoms with Gasteiger partial charge in [0.1, 0.15) is 110 Å². The third kappa shape index (κ3) is 16.3. The summed E-state index contributed by atoms with van der Waals surface area (Å²) in [6, 6.07) is 1.18. The molecule has 5 saturated heterocycles. The van der Waals surface area contributed by atoms with E-state index in [2.05, 4.69) is 26.3 Å². The first-order valence-corrected chi connectivity index (χ1v) is 27.2. The van der Waals surface area contributed by atoms with E-state index in [1.165, 1.54) is 0 Å². The van der Waals surface area contributed by atoms with Crippen molar-refractivity contribution in [3.05, 3.63) is 36.0 Å². The molecule has 22 N–H and O–H groups in total. The molecule has 2 aromatic rings. The van der Waals surface area contributed by atoms with E-state index >= 15 is 0 Å². The minimum Gasteiger partial charge on any atom is -0.481 e. The van der Waals surface area contributed by atoms with E-state index in [-0.39, 0.29) is 19.4 Å². The van der Waals surface area contributed by atoms with Crippen molar-refractivity contribution < 1.29 is 143 Å². The van der Waals surface area contributed by atoms with Crippen LogP contribution in [0.3, 0.4) is 0 Å². The molecule has 37 heteroatoms. The van der Waals surface area contributed by atoms with E-state index in [1.54, 1.807) is 30.5 Å². The molecular formula is C50H72N8O29. The molecule has 1 aromatic carbocycles. The van der Waals surface area contributed by atoms with Gasteiger partial charge in [-0.15, -0.1) is 0 Å². The third-order valence-electron chi connectivity index (χ3n) is 15.0. The number of hydrogen-bond donors (Lipinski definition) is 20. The minimum atomic E-state index is -2.21. The lowest BCUT2D eigenvalue weighted by atomic mass is 9.96. The fourth-order valence-corrected chi connectivity index (χ4v) is 10.3. The van der Waals surface area contributed by atoms with Gasteiger partial charge in [-0.25, -0.2) is 4.79 Å². The lowest BCUT2D eigenvalue weighted by Gasteiger charge is -2.48. The zero-order valence-electron chi connectivity index (χ0n) is 45.9. The first-order valence-electron chi connectivity index (χ1n) is 27.2. The van der Waals surface area contributed by atoms with E-state index in [4.69, 9.17) is 49.4 Å². The van der Waals surface area contributed by atoms with Crippen LogP contribution in [0.1, 0.15) is 24.8 Å². The first-order chi connectivity index (χ1) is 41.2. The highest BCUT2D eigenvalue weighted by Gasteiger charge is 2.56. The van der Waals surface area contributed by atoms with E-state index in [0.29, 0.717) is 22.9 Å². The number of aliphatic carboxylic acids is 2.